The van der Waals surface area contributed by atoms with Crippen molar-refractivity contribution in [3.8, 4) is 11.5 Å². The van der Waals surface area contributed by atoms with Crippen LogP contribution in [0, 0.1) is 0 Å². The Morgan fingerprint density at radius 2 is 1.90 bits per heavy atom. The molecule has 1 amide bonds. The summed E-state index contributed by atoms with van der Waals surface area (Å²) in [5, 5.41) is 0. The Morgan fingerprint density at radius 1 is 1.07 bits per heavy atom. The molecule has 0 atom stereocenters. The van der Waals surface area contributed by atoms with Gasteiger partial charge in [0.25, 0.3) is 5.91 Å². The van der Waals surface area contributed by atoms with E-state index in [0.717, 1.165) is 42.2 Å². The highest BCUT2D eigenvalue weighted by Gasteiger charge is 2.26. The molecule has 2 aliphatic heterocycles. The number of ether oxygens (including phenoxy) is 2. The van der Waals surface area contributed by atoms with Crippen molar-refractivity contribution >= 4 is 17.0 Å². The topological polar surface area (TPSA) is 60.1 Å². The summed E-state index contributed by atoms with van der Waals surface area (Å²) >= 11 is 0. The molecule has 2 aliphatic rings. The normalized spacial score (nSPS) is 16.8. The first-order valence-electron chi connectivity index (χ1n) is 10.3. The van der Waals surface area contributed by atoms with Gasteiger partial charge in [-0.25, -0.2) is 0 Å². The zero-order valence-electron chi connectivity index (χ0n) is 17.0. The number of carbonyl (C=O) groups is 1. The average molecular weight is 407 g/mol. The van der Waals surface area contributed by atoms with Gasteiger partial charge in [-0.15, -0.1) is 0 Å². The number of benzene rings is 1. The van der Waals surface area contributed by atoms with E-state index in [1.165, 1.54) is 5.56 Å². The lowest BCUT2D eigenvalue weighted by atomic mass is 10.1. The summed E-state index contributed by atoms with van der Waals surface area (Å²) < 4.78 is 18.4. The lowest BCUT2D eigenvalue weighted by Gasteiger charge is -2.34. The van der Waals surface area contributed by atoms with Crippen LogP contribution in [-0.4, -0.2) is 53.2 Å². The number of nitrogens with zero attached hydrogens (tertiary/aromatic N) is 3. The Balaban J connectivity index is 1.25. The maximum absolute atomic E-state index is 13.2. The van der Waals surface area contributed by atoms with Gasteiger partial charge >= 0.3 is 0 Å². The van der Waals surface area contributed by atoms with Crippen LogP contribution < -0.4 is 9.47 Å². The van der Waals surface area contributed by atoms with E-state index in [1.54, 1.807) is 6.26 Å². The first-order valence-corrected chi connectivity index (χ1v) is 10.3. The molecule has 4 heterocycles. The smallest absolute Gasteiger partial charge is 0.270 e. The molecule has 0 spiro atoms. The molecule has 0 unspecified atom stereocenters. The number of allylic oxidation sites excluding steroid dienone is 2. The Kier molecular flexibility index (Phi) is 4.96. The van der Waals surface area contributed by atoms with Crippen LogP contribution in [-0.2, 0) is 13.1 Å². The standard InChI is InChI=1S/C23H25N3O4/c1-2-3-7-26-18-6-12-28-21(18)14-19(26)23(27)25-10-8-24(9-11-25)15-17-4-5-20-22(13-17)30-16-29-20/h2-6,12-14H,7-11,15-16H2,1H3/b3-2-. The van der Waals surface area contributed by atoms with E-state index in [9.17, 15) is 4.79 Å². The van der Waals surface area contributed by atoms with E-state index in [4.69, 9.17) is 13.9 Å². The van der Waals surface area contributed by atoms with Gasteiger partial charge in [0.05, 0.1) is 11.8 Å². The molecule has 156 valence electrons. The molecule has 1 aromatic carbocycles. The maximum Gasteiger partial charge on any atom is 0.270 e. The molecule has 30 heavy (non-hydrogen) atoms. The van der Waals surface area contributed by atoms with Gasteiger partial charge in [-0.2, -0.15) is 0 Å². The molecule has 0 bridgehead atoms. The number of aromatic nitrogens is 1. The van der Waals surface area contributed by atoms with Crippen molar-refractivity contribution in [3.05, 3.63) is 60.0 Å². The van der Waals surface area contributed by atoms with Crippen molar-refractivity contribution in [2.75, 3.05) is 33.0 Å². The van der Waals surface area contributed by atoms with Gasteiger partial charge in [0.15, 0.2) is 17.1 Å². The number of carbonyl (C=O) groups excluding carboxylic acids is 1. The number of piperazine rings is 1. The maximum atomic E-state index is 13.2. The van der Waals surface area contributed by atoms with Gasteiger partial charge in [0, 0.05) is 51.4 Å². The predicted molar refractivity (Wildman–Crippen MR) is 113 cm³/mol. The first kappa shape index (κ1) is 18.8. The molecular weight excluding hydrogens is 382 g/mol. The summed E-state index contributed by atoms with van der Waals surface area (Å²) in [6.45, 7) is 6.86. The molecule has 0 saturated carbocycles. The lowest BCUT2D eigenvalue weighted by molar-refractivity contribution is 0.0619. The summed E-state index contributed by atoms with van der Waals surface area (Å²) in [5.74, 6) is 1.68. The van der Waals surface area contributed by atoms with Crippen LogP contribution in [0.3, 0.4) is 0 Å². The minimum absolute atomic E-state index is 0.0635. The fourth-order valence-corrected chi connectivity index (χ4v) is 4.13. The third-order valence-corrected chi connectivity index (χ3v) is 5.77. The highest BCUT2D eigenvalue weighted by atomic mass is 16.7. The van der Waals surface area contributed by atoms with E-state index in [0.29, 0.717) is 32.1 Å². The van der Waals surface area contributed by atoms with E-state index >= 15 is 0 Å². The van der Waals surface area contributed by atoms with Crippen molar-refractivity contribution in [2.45, 2.75) is 20.0 Å². The Labute approximate surface area is 175 Å². The van der Waals surface area contributed by atoms with E-state index in [2.05, 4.69) is 11.0 Å². The number of furan rings is 1. The minimum Gasteiger partial charge on any atom is -0.463 e. The fraction of sp³-hybridized carbons (Fsp3) is 0.348. The highest BCUT2D eigenvalue weighted by Crippen LogP contribution is 2.33. The van der Waals surface area contributed by atoms with Gasteiger partial charge in [-0.3, -0.25) is 9.69 Å². The molecule has 7 nitrogen and oxygen atoms in total. The predicted octanol–water partition coefficient (Wildman–Crippen LogP) is 3.50. The van der Waals surface area contributed by atoms with E-state index < -0.39 is 0 Å². The number of amides is 1. The van der Waals surface area contributed by atoms with Crippen molar-refractivity contribution in [1.29, 1.82) is 0 Å². The summed E-state index contributed by atoms with van der Waals surface area (Å²) in [7, 11) is 0. The Morgan fingerprint density at radius 3 is 2.73 bits per heavy atom. The van der Waals surface area contributed by atoms with Crippen molar-refractivity contribution in [1.82, 2.24) is 14.4 Å². The second-order valence-corrected chi connectivity index (χ2v) is 7.64. The van der Waals surface area contributed by atoms with Crippen LogP contribution in [0.4, 0.5) is 0 Å². The second-order valence-electron chi connectivity index (χ2n) is 7.64. The summed E-state index contributed by atoms with van der Waals surface area (Å²) in [6.07, 6.45) is 5.71. The van der Waals surface area contributed by atoms with Crippen molar-refractivity contribution in [2.24, 2.45) is 0 Å². The van der Waals surface area contributed by atoms with E-state index in [1.807, 2.05) is 52.8 Å². The zero-order chi connectivity index (χ0) is 20.5. The summed E-state index contributed by atoms with van der Waals surface area (Å²) in [4.78, 5) is 17.5. The van der Waals surface area contributed by atoms with Crippen LogP contribution in [0.2, 0.25) is 0 Å². The van der Waals surface area contributed by atoms with E-state index in [-0.39, 0.29) is 5.91 Å². The molecule has 1 saturated heterocycles. The average Bonchev–Trinajstić information content (AvgIpc) is 3.48. The lowest BCUT2D eigenvalue weighted by Crippen LogP contribution is -2.48. The largest absolute Gasteiger partial charge is 0.463 e. The molecule has 0 N–H and O–H groups in total. The molecule has 5 rings (SSSR count). The molecule has 0 radical (unpaired) electrons. The number of fused-ring (bicyclic) bond motifs is 2. The second kappa shape index (κ2) is 7.91. The summed E-state index contributed by atoms with van der Waals surface area (Å²) in [5.41, 5.74) is 3.59. The van der Waals surface area contributed by atoms with Gasteiger partial charge in [-0.1, -0.05) is 18.2 Å². The fourth-order valence-electron chi connectivity index (χ4n) is 4.13. The van der Waals surface area contributed by atoms with Gasteiger partial charge in [-0.05, 0) is 24.6 Å². The quantitative estimate of drug-likeness (QED) is 0.606. The number of hydrogen-bond acceptors (Lipinski definition) is 5. The monoisotopic (exact) mass is 407 g/mol. The van der Waals surface area contributed by atoms with Gasteiger partial charge < -0.3 is 23.4 Å². The Bertz CT molecular complexity index is 1090. The number of hydrogen-bond donors (Lipinski definition) is 0. The molecule has 3 aromatic rings. The van der Waals surface area contributed by atoms with Crippen LogP contribution in [0.1, 0.15) is 23.0 Å². The third kappa shape index (κ3) is 3.45. The first-order chi connectivity index (χ1) is 14.7. The minimum atomic E-state index is 0.0635. The zero-order valence-corrected chi connectivity index (χ0v) is 17.0. The molecule has 2 aromatic heterocycles. The Hall–Kier alpha value is -3.19. The molecule has 7 heteroatoms. The molecule has 0 aliphatic carbocycles. The molecular formula is C23H25N3O4. The van der Waals surface area contributed by atoms with Crippen LogP contribution in [0.15, 0.2) is 53.2 Å². The highest BCUT2D eigenvalue weighted by molar-refractivity contribution is 5.97. The molecule has 1 fully saturated rings. The van der Waals surface area contributed by atoms with Gasteiger partial charge in [0.2, 0.25) is 6.79 Å². The van der Waals surface area contributed by atoms with Crippen LogP contribution in [0.5, 0.6) is 11.5 Å². The van der Waals surface area contributed by atoms with Crippen LogP contribution >= 0.6 is 0 Å². The SMILES string of the molecule is C/C=C\Cn1c(C(=O)N2CCN(Cc3ccc4c(c3)OCO4)CC2)cc2occc21. The number of rotatable bonds is 5. The van der Waals surface area contributed by atoms with Crippen molar-refractivity contribution in [3.63, 3.8) is 0 Å². The summed E-state index contributed by atoms with van der Waals surface area (Å²) in [6, 6.07) is 9.86. The van der Waals surface area contributed by atoms with Crippen molar-refractivity contribution < 1.29 is 18.7 Å². The van der Waals surface area contributed by atoms with Crippen LogP contribution in [0.25, 0.3) is 11.1 Å². The van der Waals surface area contributed by atoms with Gasteiger partial charge in [0.1, 0.15) is 5.69 Å². The third-order valence-electron chi connectivity index (χ3n) is 5.77.